The second-order valence-corrected chi connectivity index (χ2v) is 8.35. The molecule has 4 nitrogen and oxygen atoms in total. The lowest BCUT2D eigenvalue weighted by Crippen LogP contribution is -2.42. The number of rotatable bonds is 5. The maximum absolute atomic E-state index is 12.1. The fraction of sp³-hybridized carbons (Fsp3) is 0.611. The molecule has 2 fully saturated rings. The van der Waals surface area contributed by atoms with Crippen molar-refractivity contribution in [3.63, 3.8) is 0 Å². The SMILES string of the molecule is Cc1ccc(Cl)cc1N1CCC(CNC(=O)CC2CSCCN2)C1.Cl.Cl. The Morgan fingerprint density at radius 2 is 2.23 bits per heavy atom. The predicted octanol–water partition coefficient (Wildman–Crippen LogP) is 3.53. The van der Waals surface area contributed by atoms with Gasteiger partial charge in [-0.3, -0.25) is 4.79 Å². The molecule has 2 heterocycles. The van der Waals surface area contributed by atoms with E-state index in [0.717, 1.165) is 49.1 Å². The summed E-state index contributed by atoms with van der Waals surface area (Å²) in [7, 11) is 0. The molecule has 0 aromatic heterocycles. The second-order valence-electron chi connectivity index (χ2n) is 6.77. The first kappa shape index (κ1) is 23.7. The number of nitrogens with one attached hydrogen (secondary N) is 2. The lowest BCUT2D eigenvalue weighted by atomic mass is 10.1. The van der Waals surface area contributed by atoms with Crippen LogP contribution in [0.3, 0.4) is 0 Å². The van der Waals surface area contributed by atoms with Gasteiger partial charge < -0.3 is 15.5 Å². The van der Waals surface area contributed by atoms with Gasteiger partial charge in [-0.2, -0.15) is 11.8 Å². The van der Waals surface area contributed by atoms with Crippen LogP contribution in [0.25, 0.3) is 0 Å². The number of aryl methyl sites for hydroxylation is 1. The van der Waals surface area contributed by atoms with E-state index in [1.165, 1.54) is 11.3 Å². The minimum atomic E-state index is 0. The Bertz CT molecular complexity index is 585. The Morgan fingerprint density at radius 3 is 2.96 bits per heavy atom. The van der Waals surface area contributed by atoms with Crippen LogP contribution in [-0.4, -0.2) is 49.6 Å². The number of hydrogen-bond donors (Lipinski definition) is 2. The lowest BCUT2D eigenvalue weighted by molar-refractivity contribution is -0.121. The van der Waals surface area contributed by atoms with Gasteiger partial charge in [0.25, 0.3) is 0 Å². The highest BCUT2D eigenvalue weighted by Gasteiger charge is 2.24. The minimum absolute atomic E-state index is 0. The number of thioether (sulfide) groups is 1. The van der Waals surface area contributed by atoms with Crippen molar-refractivity contribution in [3.8, 4) is 0 Å². The molecule has 0 bridgehead atoms. The van der Waals surface area contributed by atoms with Crippen LogP contribution in [0, 0.1) is 12.8 Å². The lowest BCUT2D eigenvalue weighted by Gasteiger charge is -2.23. The molecule has 0 aliphatic carbocycles. The van der Waals surface area contributed by atoms with Crippen molar-refractivity contribution in [2.75, 3.05) is 42.6 Å². The van der Waals surface area contributed by atoms with Crippen LogP contribution in [-0.2, 0) is 4.79 Å². The highest BCUT2D eigenvalue weighted by Crippen LogP contribution is 2.29. The molecule has 2 aliphatic rings. The monoisotopic (exact) mass is 439 g/mol. The van der Waals surface area contributed by atoms with E-state index in [1.54, 1.807) is 0 Å². The van der Waals surface area contributed by atoms with Gasteiger partial charge >= 0.3 is 0 Å². The van der Waals surface area contributed by atoms with Crippen LogP contribution >= 0.6 is 48.2 Å². The molecule has 0 saturated carbocycles. The highest BCUT2D eigenvalue weighted by atomic mass is 35.5. The fourth-order valence-electron chi connectivity index (χ4n) is 3.45. The third-order valence-corrected chi connectivity index (χ3v) is 6.18. The molecule has 1 aromatic carbocycles. The number of carbonyl (C=O) groups is 1. The fourth-order valence-corrected chi connectivity index (χ4v) is 4.56. The van der Waals surface area contributed by atoms with Gasteiger partial charge in [0, 0.05) is 60.9 Å². The largest absolute Gasteiger partial charge is 0.371 e. The molecule has 0 radical (unpaired) electrons. The number of carbonyl (C=O) groups excluding carboxylic acids is 1. The van der Waals surface area contributed by atoms with Crippen LogP contribution in [0.2, 0.25) is 5.02 Å². The van der Waals surface area contributed by atoms with Gasteiger partial charge in [0.1, 0.15) is 0 Å². The summed E-state index contributed by atoms with van der Waals surface area (Å²) in [5.74, 6) is 2.88. The average Bonchev–Trinajstić information content (AvgIpc) is 3.05. The zero-order chi connectivity index (χ0) is 16.9. The number of nitrogens with zero attached hydrogens (tertiary/aromatic N) is 1. The summed E-state index contributed by atoms with van der Waals surface area (Å²) in [6.07, 6.45) is 1.71. The third-order valence-electron chi connectivity index (χ3n) is 4.82. The highest BCUT2D eigenvalue weighted by molar-refractivity contribution is 7.99. The molecule has 2 aliphatic heterocycles. The topological polar surface area (TPSA) is 44.4 Å². The van der Waals surface area contributed by atoms with Gasteiger partial charge in [-0.15, -0.1) is 24.8 Å². The van der Waals surface area contributed by atoms with Crippen molar-refractivity contribution < 1.29 is 4.79 Å². The van der Waals surface area contributed by atoms with Crippen LogP contribution in [0.5, 0.6) is 0 Å². The summed E-state index contributed by atoms with van der Waals surface area (Å²) in [5, 5.41) is 7.33. The molecule has 0 spiro atoms. The van der Waals surface area contributed by atoms with E-state index in [1.807, 2.05) is 23.9 Å². The zero-order valence-electron chi connectivity index (χ0n) is 15.0. The Balaban J connectivity index is 0.00000169. The summed E-state index contributed by atoms with van der Waals surface area (Å²) in [4.78, 5) is 14.5. The summed E-state index contributed by atoms with van der Waals surface area (Å²) in [6, 6.07) is 6.38. The van der Waals surface area contributed by atoms with E-state index in [-0.39, 0.29) is 30.7 Å². The molecule has 1 aromatic rings. The number of hydrogen-bond acceptors (Lipinski definition) is 4. The summed E-state index contributed by atoms with van der Waals surface area (Å²) in [5.41, 5.74) is 2.48. The van der Waals surface area contributed by atoms with Gasteiger partial charge in [-0.25, -0.2) is 0 Å². The molecule has 2 unspecified atom stereocenters. The van der Waals surface area contributed by atoms with E-state index in [0.29, 0.717) is 18.4 Å². The predicted molar refractivity (Wildman–Crippen MR) is 118 cm³/mol. The first-order valence-electron chi connectivity index (χ1n) is 8.71. The molecule has 148 valence electrons. The number of benzene rings is 1. The Kier molecular flexibility index (Phi) is 10.5. The quantitative estimate of drug-likeness (QED) is 0.735. The number of amides is 1. The molecule has 3 rings (SSSR count). The molecule has 1 amide bonds. The van der Waals surface area contributed by atoms with Gasteiger partial charge in [-0.1, -0.05) is 17.7 Å². The summed E-state index contributed by atoms with van der Waals surface area (Å²) < 4.78 is 0. The second kappa shape index (κ2) is 11.5. The standard InChI is InChI=1S/C18H26ClN3OS.2ClH/c1-13-2-3-15(19)8-17(13)22-6-4-14(11-22)10-21-18(23)9-16-12-24-7-5-20-16;;/h2-3,8,14,16,20H,4-7,9-12H2,1H3,(H,21,23);2*1H. The molecular formula is C18H28Cl3N3OS. The van der Waals surface area contributed by atoms with Crippen molar-refractivity contribution in [3.05, 3.63) is 28.8 Å². The normalized spacial score (nSPS) is 22.3. The van der Waals surface area contributed by atoms with Crippen LogP contribution in [0.4, 0.5) is 5.69 Å². The molecule has 26 heavy (non-hydrogen) atoms. The number of halogens is 3. The molecule has 2 saturated heterocycles. The minimum Gasteiger partial charge on any atom is -0.371 e. The van der Waals surface area contributed by atoms with E-state index in [2.05, 4.69) is 28.5 Å². The van der Waals surface area contributed by atoms with Crippen LogP contribution in [0.1, 0.15) is 18.4 Å². The molecule has 8 heteroatoms. The smallest absolute Gasteiger partial charge is 0.221 e. The van der Waals surface area contributed by atoms with Crippen molar-refractivity contribution in [2.24, 2.45) is 5.92 Å². The zero-order valence-corrected chi connectivity index (χ0v) is 18.2. The molecule has 2 atom stereocenters. The molecule has 2 N–H and O–H groups in total. The first-order valence-corrected chi connectivity index (χ1v) is 10.2. The van der Waals surface area contributed by atoms with Gasteiger partial charge in [0.05, 0.1) is 0 Å². The van der Waals surface area contributed by atoms with Crippen molar-refractivity contribution in [2.45, 2.75) is 25.8 Å². The molecular weight excluding hydrogens is 413 g/mol. The summed E-state index contributed by atoms with van der Waals surface area (Å²) >= 11 is 8.06. The van der Waals surface area contributed by atoms with Crippen LogP contribution < -0.4 is 15.5 Å². The number of anilines is 1. The Labute approximate surface area is 178 Å². The average molecular weight is 441 g/mol. The Hall–Kier alpha value is -0.330. The maximum Gasteiger partial charge on any atom is 0.221 e. The summed E-state index contributed by atoms with van der Waals surface area (Å²) in [6.45, 7) is 5.92. The first-order chi connectivity index (χ1) is 11.6. The van der Waals surface area contributed by atoms with Gasteiger partial charge in [-0.05, 0) is 37.0 Å². The Morgan fingerprint density at radius 1 is 1.42 bits per heavy atom. The van der Waals surface area contributed by atoms with Crippen molar-refractivity contribution >= 4 is 59.8 Å². The van der Waals surface area contributed by atoms with E-state index >= 15 is 0 Å². The van der Waals surface area contributed by atoms with Crippen LogP contribution in [0.15, 0.2) is 18.2 Å². The third kappa shape index (κ3) is 6.68. The van der Waals surface area contributed by atoms with Gasteiger partial charge in [0.15, 0.2) is 0 Å². The van der Waals surface area contributed by atoms with E-state index < -0.39 is 0 Å². The van der Waals surface area contributed by atoms with Gasteiger partial charge in [0.2, 0.25) is 5.91 Å². The maximum atomic E-state index is 12.1. The van der Waals surface area contributed by atoms with E-state index in [9.17, 15) is 4.79 Å². The van der Waals surface area contributed by atoms with Crippen molar-refractivity contribution in [1.82, 2.24) is 10.6 Å². The van der Waals surface area contributed by atoms with E-state index in [4.69, 9.17) is 11.6 Å². The van der Waals surface area contributed by atoms with Crippen molar-refractivity contribution in [1.29, 1.82) is 0 Å².